The maximum Gasteiger partial charge on any atom is 0.185 e. The molecule has 0 fully saturated rings. The van der Waals surface area contributed by atoms with Crippen LogP contribution in [-0.2, 0) is 0 Å². The van der Waals surface area contributed by atoms with E-state index >= 15 is 0 Å². The molecule has 0 bridgehead atoms. The Morgan fingerprint density at radius 1 is 1.00 bits per heavy atom. The van der Waals surface area contributed by atoms with E-state index in [9.17, 15) is 4.79 Å². The Bertz CT molecular complexity index is 732. The average Bonchev–Trinajstić information content (AvgIpc) is 2.53. The van der Waals surface area contributed by atoms with Crippen molar-refractivity contribution in [3.8, 4) is 0 Å². The van der Waals surface area contributed by atoms with Crippen molar-refractivity contribution in [3.63, 3.8) is 0 Å². The molecular formula is C19H16O. The molecule has 0 saturated heterocycles. The highest BCUT2D eigenvalue weighted by molar-refractivity contribution is 6.07. The van der Waals surface area contributed by atoms with Crippen LogP contribution in [0.4, 0.5) is 0 Å². The van der Waals surface area contributed by atoms with Gasteiger partial charge in [-0.1, -0.05) is 60.7 Å². The predicted octanol–water partition coefficient (Wildman–Crippen LogP) is 4.86. The molecule has 0 heterocycles. The third-order valence-corrected chi connectivity index (χ3v) is 3.48. The summed E-state index contributed by atoms with van der Waals surface area (Å²) in [6.07, 6.45) is 12.1. The summed E-state index contributed by atoms with van der Waals surface area (Å²) < 4.78 is 0. The maximum atomic E-state index is 12.2. The monoisotopic (exact) mass is 260 g/mol. The van der Waals surface area contributed by atoms with Crippen molar-refractivity contribution in [3.05, 3.63) is 84.0 Å². The Morgan fingerprint density at radius 2 is 1.85 bits per heavy atom. The zero-order chi connectivity index (χ0) is 13.8. The Morgan fingerprint density at radius 3 is 2.65 bits per heavy atom. The van der Waals surface area contributed by atoms with Crippen LogP contribution in [0.3, 0.4) is 0 Å². The molecule has 98 valence electrons. The van der Waals surface area contributed by atoms with Crippen molar-refractivity contribution in [2.45, 2.75) is 12.8 Å². The minimum absolute atomic E-state index is 0.0515. The first-order chi connectivity index (χ1) is 9.83. The van der Waals surface area contributed by atoms with E-state index in [0.717, 1.165) is 34.8 Å². The van der Waals surface area contributed by atoms with Crippen LogP contribution >= 0.6 is 0 Å². The number of hydrogen-bond acceptors (Lipinski definition) is 1. The Kier molecular flexibility index (Phi) is 3.60. The van der Waals surface area contributed by atoms with Gasteiger partial charge in [0, 0.05) is 5.56 Å². The summed E-state index contributed by atoms with van der Waals surface area (Å²) in [4.78, 5) is 12.2. The second-order valence-electron chi connectivity index (χ2n) is 4.94. The van der Waals surface area contributed by atoms with Gasteiger partial charge in [-0.15, -0.1) is 0 Å². The molecule has 0 N–H and O–H groups in total. The molecule has 1 nitrogen and oxygen atoms in total. The van der Waals surface area contributed by atoms with Gasteiger partial charge in [-0.2, -0.15) is 0 Å². The smallest absolute Gasteiger partial charge is 0.185 e. The standard InChI is InChI=1S/C19H16O/c20-19(13-10-15-6-2-1-3-7-15)18-12-11-16-8-4-5-9-17(16)14-18/h2,4-14H,1,3H2/b13-10+. The van der Waals surface area contributed by atoms with Gasteiger partial charge < -0.3 is 0 Å². The first-order valence-electron chi connectivity index (χ1n) is 6.91. The molecule has 0 radical (unpaired) electrons. The van der Waals surface area contributed by atoms with Crippen LogP contribution in [-0.4, -0.2) is 5.78 Å². The number of benzene rings is 2. The normalized spacial score (nSPS) is 14.7. The van der Waals surface area contributed by atoms with E-state index in [4.69, 9.17) is 0 Å². The molecule has 1 aliphatic rings. The summed E-state index contributed by atoms with van der Waals surface area (Å²) >= 11 is 0. The molecule has 0 atom stereocenters. The zero-order valence-corrected chi connectivity index (χ0v) is 11.3. The highest BCUT2D eigenvalue weighted by Crippen LogP contribution is 2.17. The van der Waals surface area contributed by atoms with E-state index < -0.39 is 0 Å². The average molecular weight is 260 g/mol. The Balaban J connectivity index is 1.83. The molecule has 0 aromatic heterocycles. The molecule has 2 aromatic rings. The van der Waals surface area contributed by atoms with Crippen LogP contribution in [0.2, 0.25) is 0 Å². The molecule has 3 rings (SSSR count). The molecule has 0 saturated carbocycles. The van der Waals surface area contributed by atoms with Crippen molar-refractivity contribution in [1.82, 2.24) is 0 Å². The fraction of sp³-hybridized carbons (Fsp3) is 0.105. The third-order valence-electron chi connectivity index (χ3n) is 3.48. The Labute approximate surface area is 118 Å². The van der Waals surface area contributed by atoms with Gasteiger partial charge in [0.2, 0.25) is 0 Å². The summed E-state index contributed by atoms with van der Waals surface area (Å²) in [6.45, 7) is 0. The summed E-state index contributed by atoms with van der Waals surface area (Å²) in [5.74, 6) is 0.0515. The van der Waals surface area contributed by atoms with Crippen LogP contribution < -0.4 is 0 Å². The van der Waals surface area contributed by atoms with Crippen molar-refractivity contribution in [2.75, 3.05) is 0 Å². The number of allylic oxidation sites excluding steroid dienone is 6. The maximum absolute atomic E-state index is 12.2. The third kappa shape index (κ3) is 2.77. The lowest BCUT2D eigenvalue weighted by Gasteiger charge is -2.02. The van der Waals surface area contributed by atoms with E-state index in [1.54, 1.807) is 6.08 Å². The van der Waals surface area contributed by atoms with Crippen LogP contribution in [0.15, 0.2) is 78.4 Å². The lowest BCUT2D eigenvalue weighted by molar-refractivity contribution is 0.104. The van der Waals surface area contributed by atoms with Crippen LogP contribution in [0.5, 0.6) is 0 Å². The van der Waals surface area contributed by atoms with E-state index in [2.05, 4.69) is 24.3 Å². The molecule has 0 amide bonds. The van der Waals surface area contributed by atoms with Crippen LogP contribution in [0, 0.1) is 0 Å². The summed E-state index contributed by atoms with van der Waals surface area (Å²) in [7, 11) is 0. The first-order valence-corrected chi connectivity index (χ1v) is 6.91. The zero-order valence-electron chi connectivity index (χ0n) is 11.3. The second-order valence-corrected chi connectivity index (χ2v) is 4.94. The second kappa shape index (κ2) is 5.70. The Hall–Kier alpha value is -2.41. The van der Waals surface area contributed by atoms with E-state index in [1.807, 2.05) is 42.5 Å². The number of rotatable bonds is 3. The molecule has 20 heavy (non-hydrogen) atoms. The molecule has 0 spiro atoms. The van der Waals surface area contributed by atoms with Gasteiger partial charge in [-0.3, -0.25) is 4.79 Å². The van der Waals surface area contributed by atoms with Gasteiger partial charge in [0.15, 0.2) is 5.78 Å². The van der Waals surface area contributed by atoms with Gasteiger partial charge >= 0.3 is 0 Å². The lowest BCUT2D eigenvalue weighted by atomic mass is 10.0. The lowest BCUT2D eigenvalue weighted by Crippen LogP contribution is -1.94. The molecule has 2 aromatic carbocycles. The fourth-order valence-corrected chi connectivity index (χ4v) is 2.37. The van der Waals surface area contributed by atoms with Gasteiger partial charge in [0.25, 0.3) is 0 Å². The summed E-state index contributed by atoms with van der Waals surface area (Å²) in [5.41, 5.74) is 1.85. The largest absolute Gasteiger partial charge is 0.289 e. The van der Waals surface area contributed by atoms with Gasteiger partial charge in [0.05, 0.1) is 0 Å². The van der Waals surface area contributed by atoms with Crippen molar-refractivity contribution in [1.29, 1.82) is 0 Å². The number of fused-ring (bicyclic) bond motifs is 1. The summed E-state index contributed by atoms with van der Waals surface area (Å²) in [6, 6.07) is 13.9. The summed E-state index contributed by atoms with van der Waals surface area (Å²) in [5, 5.41) is 2.26. The van der Waals surface area contributed by atoms with E-state index in [-0.39, 0.29) is 5.78 Å². The molecule has 0 aliphatic heterocycles. The van der Waals surface area contributed by atoms with Crippen molar-refractivity contribution in [2.24, 2.45) is 0 Å². The van der Waals surface area contributed by atoms with Crippen molar-refractivity contribution >= 4 is 16.6 Å². The molecular weight excluding hydrogens is 244 g/mol. The molecule has 1 heteroatoms. The first kappa shape index (κ1) is 12.6. The molecule has 1 aliphatic carbocycles. The minimum atomic E-state index is 0.0515. The highest BCUT2D eigenvalue weighted by Gasteiger charge is 2.03. The van der Waals surface area contributed by atoms with Gasteiger partial charge in [-0.25, -0.2) is 0 Å². The predicted molar refractivity (Wildman–Crippen MR) is 83.9 cm³/mol. The van der Waals surface area contributed by atoms with Gasteiger partial charge in [0.1, 0.15) is 0 Å². The minimum Gasteiger partial charge on any atom is -0.289 e. The fourth-order valence-electron chi connectivity index (χ4n) is 2.37. The van der Waals surface area contributed by atoms with E-state index in [0.29, 0.717) is 0 Å². The topological polar surface area (TPSA) is 17.1 Å². The number of carbonyl (C=O) groups excluding carboxylic acids is 1. The quantitative estimate of drug-likeness (QED) is 0.569. The van der Waals surface area contributed by atoms with Gasteiger partial charge in [-0.05, 0) is 41.3 Å². The SMILES string of the molecule is O=C(/C=C/C1=CCCC=C1)c1ccc2ccccc2c1. The van der Waals surface area contributed by atoms with Crippen LogP contribution in [0.1, 0.15) is 23.2 Å². The van der Waals surface area contributed by atoms with Crippen molar-refractivity contribution < 1.29 is 4.79 Å². The number of hydrogen-bond donors (Lipinski definition) is 0. The molecule has 0 unspecified atom stereocenters. The highest BCUT2D eigenvalue weighted by atomic mass is 16.1. The number of ketones is 1. The van der Waals surface area contributed by atoms with Crippen LogP contribution in [0.25, 0.3) is 10.8 Å². The number of carbonyl (C=O) groups is 1. The van der Waals surface area contributed by atoms with E-state index in [1.165, 1.54) is 0 Å².